The molecule has 0 unspecified atom stereocenters. The van der Waals surface area contributed by atoms with Gasteiger partial charge >= 0.3 is 0 Å². The maximum atomic E-state index is 13.3. The maximum absolute atomic E-state index is 13.3. The number of carbonyl (C=O) groups excluding carboxylic acids is 1. The van der Waals surface area contributed by atoms with Crippen LogP contribution in [0.15, 0.2) is 66.6 Å². The van der Waals surface area contributed by atoms with Gasteiger partial charge in [-0.25, -0.2) is 9.07 Å². The van der Waals surface area contributed by atoms with Crippen LogP contribution in [-0.4, -0.2) is 20.5 Å². The van der Waals surface area contributed by atoms with Gasteiger partial charge in [0.05, 0.1) is 12.0 Å². The molecule has 1 aromatic heterocycles. The van der Waals surface area contributed by atoms with Crippen molar-refractivity contribution in [2.75, 3.05) is 5.32 Å². The number of aryl methyl sites for hydroxylation is 1. The summed E-state index contributed by atoms with van der Waals surface area (Å²) >= 11 is 0. The molecule has 6 heteroatoms. The van der Waals surface area contributed by atoms with E-state index in [4.69, 9.17) is 0 Å². The third-order valence-electron chi connectivity index (χ3n) is 5.70. The van der Waals surface area contributed by atoms with E-state index in [0.717, 1.165) is 22.4 Å². The molecule has 3 atom stereocenters. The molecule has 5 nitrogen and oxygen atoms in total. The van der Waals surface area contributed by atoms with Gasteiger partial charge in [0.1, 0.15) is 17.9 Å². The van der Waals surface area contributed by atoms with Gasteiger partial charge in [-0.1, -0.05) is 42.5 Å². The number of hydrogen-bond donors (Lipinski definition) is 1. The number of carbonyl (C=O) groups is 1. The minimum absolute atomic E-state index is 0.0844. The van der Waals surface area contributed by atoms with Crippen molar-refractivity contribution in [2.24, 2.45) is 5.92 Å². The number of hydrogen-bond acceptors (Lipinski definition) is 4. The molecule has 1 aliphatic carbocycles. The highest BCUT2D eigenvalue weighted by Crippen LogP contribution is 2.44. The van der Waals surface area contributed by atoms with Crippen molar-refractivity contribution in [2.45, 2.75) is 25.3 Å². The van der Waals surface area contributed by atoms with Crippen LogP contribution >= 0.6 is 0 Å². The van der Waals surface area contributed by atoms with Crippen molar-refractivity contribution in [3.63, 3.8) is 0 Å². The Morgan fingerprint density at radius 3 is 2.71 bits per heavy atom. The van der Waals surface area contributed by atoms with E-state index in [1.807, 2.05) is 31.2 Å². The number of anilines is 1. The van der Waals surface area contributed by atoms with Gasteiger partial charge in [-0.2, -0.15) is 10.1 Å². The predicted molar refractivity (Wildman–Crippen MR) is 103 cm³/mol. The monoisotopic (exact) mass is 374 g/mol. The van der Waals surface area contributed by atoms with Crippen LogP contribution in [-0.2, 0) is 4.79 Å². The second-order valence-corrected chi connectivity index (χ2v) is 7.38. The van der Waals surface area contributed by atoms with Crippen molar-refractivity contribution in [3.8, 4) is 0 Å². The number of nitrogens with one attached hydrogen (secondary N) is 1. The van der Waals surface area contributed by atoms with Crippen LogP contribution in [0, 0.1) is 18.7 Å². The molecule has 0 saturated carbocycles. The topological polar surface area (TPSA) is 59.8 Å². The SMILES string of the molecule is Cc1ccccc1[C@H]1[C@@H]2C(=O)C[C@@H](c3ccc(F)cc3)C=C2Nc2ncnn21. The zero-order valence-electron chi connectivity index (χ0n) is 15.3. The molecule has 5 rings (SSSR count). The largest absolute Gasteiger partial charge is 0.328 e. The number of allylic oxidation sites excluding steroid dienone is 2. The average Bonchev–Trinajstić information content (AvgIpc) is 3.15. The van der Waals surface area contributed by atoms with E-state index in [1.165, 1.54) is 18.5 Å². The fourth-order valence-electron chi connectivity index (χ4n) is 4.33. The highest BCUT2D eigenvalue weighted by atomic mass is 19.1. The maximum Gasteiger partial charge on any atom is 0.226 e. The molecule has 3 aromatic rings. The highest BCUT2D eigenvalue weighted by molar-refractivity contribution is 5.88. The molecule has 2 aromatic carbocycles. The van der Waals surface area contributed by atoms with E-state index < -0.39 is 0 Å². The van der Waals surface area contributed by atoms with E-state index >= 15 is 0 Å². The van der Waals surface area contributed by atoms with E-state index in [9.17, 15) is 9.18 Å². The van der Waals surface area contributed by atoms with E-state index in [2.05, 4.69) is 21.5 Å². The lowest BCUT2D eigenvalue weighted by atomic mass is 9.75. The Morgan fingerprint density at radius 2 is 1.93 bits per heavy atom. The Bertz CT molecular complexity index is 1090. The van der Waals surface area contributed by atoms with E-state index in [1.54, 1.807) is 16.8 Å². The molecule has 2 aliphatic rings. The van der Waals surface area contributed by atoms with Crippen LogP contribution in [0.5, 0.6) is 0 Å². The predicted octanol–water partition coefficient (Wildman–Crippen LogP) is 4.00. The van der Waals surface area contributed by atoms with Crippen molar-refractivity contribution >= 4 is 11.7 Å². The van der Waals surface area contributed by atoms with Gasteiger partial charge in [-0.15, -0.1) is 0 Å². The fourth-order valence-corrected chi connectivity index (χ4v) is 4.33. The zero-order valence-corrected chi connectivity index (χ0v) is 15.3. The molecule has 2 heterocycles. The molecular formula is C22H19FN4O. The minimum Gasteiger partial charge on any atom is -0.328 e. The number of Topliss-reactive ketones (excluding diaryl/α,β-unsaturated/α-hetero) is 1. The highest BCUT2D eigenvalue weighted by Gasteiger charge is 2.43. The summed E-state index contributed by atoms with van der Waals surface area (Å²) in [5.74, 6) is 0.0720. The van der Waals surface area contributed by atoms with Gasteiger partial charge in [0, 0.05) is 18.0 Å². The summed E-state index contributed by atoms with van der Waals surface area (Å²) in [6.45, 7) is 2.05. The Balaban J connectivity index is 1.62. The molecule has 0 saturated heterocycles. The number of halogens is 1. The second-order valence-electron chi connectivity index (χ2n) is 7.38. The van der Waals surface area contributed by atoms with E-state index in [-0.39, 0.29) is 29.5 Å². The van der Waals surface area contributed by atoms with Crippen LogP contribution in [0.1, 0.15) is 35.1 Å². The Morgan fingerprint density at radius 1 is 1.14 bits per heavy atom. The lowest BCUT2D eigenvalue weighted by molar-refractivity contribution is -0.123. The first kappa shape index (κ1) is 16.9. The van der Waals surface area contributed by atoms with Gasteiger partial charge in [-0.3, -0.25) is 4.79 Å². The molecule has 0 radical (unpaired) electrons. The van der Waals surface area contributed by atoms with Crippen LogP contribution in [0.3, 0.4) is 0 Å². The number of aromatic nitrogens is 3. The van der Waals surface area contributed by atoms with Crippen molar-refractivity contribution < 1.29 is 9.18 Å². The number of nitrogens with zero attached hydrogens (tertiary/aromatic N) is 3. The van der Waals surface area contributed by atoms with Gasteiger partial charge in [0.2, 0.25) is 5.95 Å². The van der Waals surface area contributed by atoms with Crippen LogP contribution < -0.4 is 5.32 Å². The van der Waals surface area contributed by atoms with Crippen LogP contribution in [0.25, 0.3) is 0 Å². The molecule has 0 spiro atoms. The zero-order chi connectivity index (χ0) is 19.3. The Kier molecular flexibility index (Phi) is 3.86. The van der Waals surface area contributed by atoms with Gasteiger partial charge in [0.15, 0.2) is 0 Å². The number of rotatable bonds is 2. The smallest absolute Gasteiger partial charge is 0.226 e. The Labute approximate surface area is 161 Å². The molecular weight excluding hydrogens is 355 g/mol. The molecule has 0 amide bonds. The van der Waals surface area contributed by atoms with Crippen LogP contribution in [0.4, 0.5) is 10.3 Å². The van der Waals surface area contributed by atoms with E-state index in [0.29, 0.717) is 12.4 Å². The number of ketones is 1. The van der Waals surface area contributed by atoms with Crippen molar-refractivity contribution in [1.29, 1.82) is 0 Å². The normalized spacial score (nSPS) is 23.4. The summed E-state index contributed by atoms with van der Waals surface area (Å²) in [6, 6.07) is 14.2. The fraction of sp³-hybridized carbons (Fsp3) is 0.227. The molecule has 0 fully saturated rings. The first-order chi connectivity index (χ1) is 13.6. The summed E-state index contributed by atoms with van der Waals surface area (Å²) < 4.78 is 15.1. The third-order valence-corrected chi connectivity index (χ3v) is 5.70. The van der Waals surface area contributed by atoms with Crippen molar-refractivity contribution in [1.82, 2.24) is 14.8 Å². The lowest BCUT2D eigenvalue weighted by Gasteiger charge is -2.38. The van der Waals surface area contributed by atoms with Gasteiger partial charge in [-0.05, 0) is 35.7 Å². The Hall–Kier alpha value is -3.28. The lowest BCUT2D eigenvalue weighted by Crippen LogP contribution is -2.40. The summed E-state index contributed by atoms with van der Waals surface area (Å²) in [5, 5.41) is 7.69. The molecule has 1 N–H and O–H groups in total. The van der Waals surface area contributed by atoms with Gasteiger partial charge in [0.25, 0.3) is 0 Å². The molecule has 0 bridgehead atoms. The second kappa shape index (κ2) is 6.41. The van der Waals surface area contributed by atoms with Crippen molar-refractivity contribution in [3.05, 3.63) is 89.1 Å². The van der Waals surface area contributed by atoms with Gasteiger partial charge < -0.3 is 5.32 Å². The summed E-state index contributed by atoms with van der Waals surface area (Å²) in [7, 11) is 0. The number of benzene rings is 2. The number of fused-ring (bicyclic) bond motifs is 2. The summed E-state index contributed by atoms with van der Waals surface area (Å²) in [4.78, 5) is 17.6. The average molecular weight is 374 g/mol. The quantitative estimate of drug-likeness (QED) is 0.737. The minimum atomic E-state index is -0.341. The first-order valence-electron chi connectivity index (χ1n) is 9.34. The first-order valence-corrected chi connectivity index (χ1v) is 9.34. The third kappa shape index (κ3) is 2.64. The molecule has 28 heavy (non-hydrogen) atoms. The molecule has 1 aliphatic heterocycles. The molecule has 140 valence electrons. The van der Waals surface area contributed by atoms with Crippen LogP contribution in [0.2, 0.25) is 0 Å². The summed E-state index contributed by atoms with van der Waals surface area (Å²) in [6.07, 6.45) is 3.98. The summed E-state index contributed by atoms with van der Waals surface area (Å²) in [5.41, 5.74) is 3.96. The standard InChI is InChI=1S/C22H19FN4O/c1-13-4-2-3-5-17(13)21-20-18(26-22-24-12-25-27(21)22)10-15(11-19(20)28)14-6-8-16(23)9-7-14/h2-10,12,15,20-21H,11H2,1H3,(H,24,25,26)/t15-,20-,21-/m0/s1.